The van der Waals surface area contributed by atoms with Crippen LogP contribution in [0.1, 0.15) is 50.5 Å². The smallest absolute Gasteiger partial charge is 0.310 e. The highest BCUT2D eigenvalue weighted by molar-refractivity contribution is 5.76. The maximum Gasteiger partial charge on any atom is 0.310 e. The van der Waals surface area contributed by atoms with Crippen LogP contribution in [-0.4, -0.2) is 25.2 Å². The van der Waals surface area contributed by atoms with Crippen molar-refractivity contribution in [2.45, 2.75) is 44.9 Å². The number of unbranched alkanes of at least 4 members (excludes halogenated alkanes) is 3. The van der Waals surface area contributed by atoms with Crippen molar-refractivity contribution in [3.05, 3.63) is 29.8 Å². The van der Waals surface area contributed by atoms with Gasteiger partial charge in [-0.25, -0.2) is 0 Å². The van der Waals surface area contributed by atoms with Crippen LogP contribution in [0.5, 0.6) is 0 Å². The molecule has 0 aliphatic rings. The van der Waals surface area contributed by atoms with E-state index in [1.54, 1.807) is 0 Å². The van der Waals surface area contributed by atoms with Crippen LogP contribution in [0.4, 0.5) is 5.69 Å². The van der Waals surface area contributed by atoms with E-state index in [9.17, 15) is 9.90 Å². The average Bonchev–Trinajstić information content (AvgIpc) is 2.38. The van der Waals surface area contributed by atoms with E-state index in [0.717, 1.165) is 30.5 Å². The molecule has 0 spiro atoms. The standard InChI is InChI=1S/C16H25NO2/c1-4-5-6-7-8-15(16(18)19)13-9-11-14(12-10-13)17(2)3/h9-12,15H,4-8H2,1-3H3,(H,18,19)/t15-/m0/s1. The number of carboxylic acids is 1. The number of nitrogens with zero attached hydrogens (tertiary/aromatic N) is 1. The molecule has 19 heavy (non-hydrogen) atoms. The van der Waals surface area contributed by atoms with E-state index in [1.165, 1.54) is 12.8 Å². The Morgan fingerprint density at radius 2 is 1.79 bits per heavy atom. The number of carbonyl (C=O) groups is 1. The van der Waals surface area contributed by atoms with Crippen LogP contribution < -0.4 is 4.90 Å². The predicted octanol–water partition coefficient (Wildman–Crippen LogP) is 3.89. The lowest BCUT2D eigenvalue weighted by molar-refractivity contribution is -0.139. The van der Waals surface area contributed by atoms with Gasteiger partial charge in [0.25, 0.3) is 0 Å². The molecular formula is C16H25NO2. The third kappa shape index (κ3) is 4.93. The molecule has 1 aromatic rings. The van der Waals surface area contributed by atoms with Crippen LogP contribution in [0.3, 0.4) is 0 Å². The van der Waals surface area contributed by atoms with Crippen molar-refractivity contribution in [3.63, 3.8) is 0 Å². The number of carboxylic acid groups (broad SMARTS) is 1. The van der Waals surface area contributed by atoms with E-state index < -0.39 is 5.97 Å². The quantitative estimate of drug-likeness (QED) is 0.723. The lowest BCUT2D eigenvalue weighted by atomic mass is 9.93. The number of rotatable bonds is 8. The number of hydrogen-bond donors (Lipinski definition) is 1. The normalized spacial score (nSPS) is 12.2. The van der Waals surface area contributed by atoms with E-state index in [4.69, 9.17) is 0 Å². The predicted molar refractivity (Wildman–Crippen MR) is 79.9 cm³/mol. The van der Waals surface area contributed by atoms with Crippen molar-refractivity contribution in [1.29, 1.82) is 0 Å². The van der Waals surface area contributed by atoms with E-state index in [2.05, 4.69) is 6.92 Å². The van der Waals surface area contributed by atoms with Gasteiger partial charge in [-0.3, -0.25) is 4.79 Å². The number of hydrogen-bond acceptors (Lipinski definition) is 2. The highest BCUT2D eigenvalue weighted by atomic mass is 16.4. The Morgan fingerprint density at radius 1 is 1.16 bits per heavy atom. The maximum absolute atomic E-state index is 11.4. The van der Waals surface area contributed by atoms with Gasteiger partial charge < -0.3 is 10.0 Å². The first-order valence-corrected chi connectivity index (χ1v) is 7.06. The minimum Gasteiger partial charge on any atom is -0.481 e. The summed E-state index contributed by atoms with van der Waals surface area (Å²) in [6, 6.07) is 7.84. The zero-order valence-electron chi connectivity index (χ0n) is 12.2. The third-order valence-electron chi connectivity index (χ3n) is 3.46. The van der Waals surface area contributed by atoms with Crippen LogP contribution in [0.25, 0.3) is 0 Å². The van der Waals surface area contributed by atoms with Crippen molar-refractivity contribution >= 4 is 11.7 Å². The average molecular weight is 263 g/mol. The van der Waals surface area contributed by atoms with Crippen molar-refractivity contribution in [2.75, 3.05) is 19.0 Å². The molecule has 1 N–H and O–H groups in total. The molecule has 0 heterocycles. The van der Waals surface area contributed by atoms with Crippen LogP contribution in [0, 0.1) is 0 Å². The molecule has 0 fully saturated rings. The summed E-state index contributed by atoms with van der Waals surface area (Å²) in [6.45, 7) is 2.16. The van der Waals surface area contributed by atoms with Gasteiger partial charge in [-0.15, -0.1) is 0 Å². The number of aliphatic carboxylic acids is 1. The molecule has 3 heteroatoms. The molecule has 0 saturated heterocycles. The van der Waals surface area contributed by atoms with E-state index in [-0.39, 0.29) is 5.92 Å². The monoisotopic (exact) mass is 263 g/mol. The molecule has 0 aliphatic heterocycles. The Balaban J connectivity index is 2.67. The second-order valence-corrected chi connectivity index (χ2v) is 5.23. The van der Waals surface area contributed by atoms with Crippen LogP contribution in [0.15, 0.2) is 24.3 Å². The SMILES string of the molecule is CCCCCC[C@H](C(=O)O)c1ccc(N(C)C)cc1. The molecule has 1 rings (SSSR count). The molecule has 0 saturated carbocycles. The summed E-state index contributed by atoms with van der Waals surface area (Å²) in [7, 11) is 3.96. The molecule has 0 unspecified atom stereocenters. The lowest BCUT2D eigenvalue weighted by Gasteiger charge is -2.16. The Hall–Kier alpha value is -1.51. The molecule has 1 aromatic carbocycles. The van der Waals surface area contributed by atoms with Crippen molar-refractivity contribution < 1.29 is 9.90 Å². The van der Waals surface area contributed by atoms with Gasteiger partial charge in [-0.05, 0) is 24.1 Å². The van der Waals surface area contributed by atoms with Gasteiger partial charge in [0.1, 0.15) is 0 Å². The second-order valence-electron chi connectivity index (χ2n) is 5.23. The molecule has 0 aromatic heterocycles. The molecule has 0 radical (unpaired) electrons. The fourth-order valence-corrected chi connectivity index (χ4v) is 2.21. The summed E-state index contributed by atoms with van der Waals surface area (Å²) < 4.78 is 0. The van der Waals surface area contributed by atoms with Crippen LogP contribution in [0.2, 0.25) is 0 Å². The molecule has 106 valence electrons. The molecule has 1 atom stereocenters. The minimum atomic E-state index is -0.714. The van der Waals surface area contributed by atoms with Gasteiger partial charge in [-0.2, -0.15) is 0 Å². The summed E-state index contributed by atoms with van der Waals surface area (Å²) >= 11 is 0. The summed E-state index contributed by atoms with van der Waals surface area (Å²) in [5, 5.41) is 9.35. The highest BCUT2D eigenvalue weighted by Crippen LogP contribution is 2.25. The minimum absolute atomic E-state index is 0.368. The first-order chi connectivity index (χ1) is 9.06. The van der Waals surface area contributed by atoms with Gasteiger partial charge >= 0.3 is 5.97 Å². The van der Waals surface area contributed by atoms with Crippen LogP contribution >= 0.6 is 0 Å². The van der Waals surface area contributed by atoms with Crippen molar-refractivity contribution in [2.24, 2.45) is 0 Å². The molecule has 0 aliphatic carbocycles. The zero-order chi connectivity index (χ0) is 14.3. The fraction of sp³-hybridized carbons (Fsp3) is 0.562. The fourth-order valence-electron chi connectivity index (χ4n) is 2.21. The summed E-state index contributed by atoms with van der Waals surface area (Å²) in [5.41, 5.74) is 2.01. The first-order valence-electron chi connectivity index (χ1n) is 7.06. The number of anilines is 1. The Morgan fingerprint density at radius 3 is 2.26 bits per heavy atom. The van der Waals surface area contributed by atoms with Gasteiger partial charge in [-0.1, -0.05) is 44.7 Å². The van der Waals surface area contributed by atoms with E-state index in [1.807, 2.05) is 43.3 Å². The Kier molecular flexibility index (Phi) is 6.40. The summed E-state index contributed by atoms with van der Waals surface area (Å²) in [4.78, 5) is 13.4. The molecule has 0 bridgehead atoms. The van der Waals surface area contributed by atoms with Gasteiger partial charge in [0.05, 0.1) is 5.92 Å². The topological polar surface area (TPSA) is 40.5 Å². The van der Waals surface area contributed by atoms with Gasteiger partial charge in [0.2, 0.25) is 0 Å². The van der Waals surface area contributed by atoms with Gasteiger partial charge in [0, 0.05) is 19.8 Å². The van der Waals surface area contributed by atoms with Crippen molar-refractivity contribution in [3.8, 4) is 0 Å². The summed E-state index contributed by atoms with van der Waals surface area (Å²) in [5.74, 6) is -1.08. The third-order valence-corrected chi connectivity index (χ3v) is 3.46. The van der Waals surface area contributed by atoms with Crippen LogP contribution in [-0.2, 0) is 4.79 Å². The molecule has 3 nitrogen and oxygen atoms in total. The second kappa shape index (κ2) is 7.82. The van der Waals surface area contributed by atoms with Crippen molar-refractivity contribution in [1.82, 2.24) is 0 Å². The largest absolute Gasteiger partial charge is 0.481 e. The number of benzene rings is 1. The summed E-state index contributed by atoms with van der Waals surface area (Å²) in [6.07, 6.45) is 5.20. The molecule has 0 amide bonds. The van der Waals surface area contributed by atoms with E-state index in [0.29, 0.717) is 0 Å². The molecular weight excluding hydrogens is 238 g/mol. The zero-order valence-corrected chi connectivity index (χ0v) is 12.2. The first kappa shape index (κ1) is 15.5. The maximum atomic E-state index is 11.4. The van der Waals surface area contributed by atoms with E-state index >= 15 is 0 Å². The Labute approximate surface area is 116 Å². The highest BCUT2D eigenvalue weighted by Gasteiger charge is 2.19. The Bertz CT molecular complexity index is 384. The van der Waals surface area contributed by atoms with Gasteiger partial charge in [0.15, 0.2) is 0 Å². The lowest BCUT2D eigenvalue weighted by Crippen LogP contribution is -2.13.